The molecule has 1 aromatic heterocycles. The number of aromatic amines is 1. The summed E-state index contributed by atoms with van der Waals surface area (Å²) in [4.78, 5) is 3.46. The number of benzene rings is 3. The molecule has 1 heterocycles. The third-order valence-electron chi connectivity index (χ3n) is 3.76. The molecule has 0 aliphatic heterocycles. The number of para-hydroxylation sites is 1. The lowest BCUT2D eigenvalue weighted by molar-refractivity contribution is 1.24. The first-order valence-electron chi connectivity index (χ1n) is 7.55. The lowest BCUT2D eigenvalue weighted by atomic mass is 10.1. The Morgan fingerprint density at radius 2 is 1.26 bits per heavy atom. The minimum atomic E-state index is 0.844. The monoisotopic (exact) mass is 297 g/mol. The molecule has 0 amide bonds. The van der Waals surface area contributed by atoms with E-state index in [2.05, 4.69) is 39.5 Å². The third-order valence-corrected chi connectivity index (χ3v) is 3.76. The first kappa shape index (κ1) is 13.5. The average Bonchev–Trinajstić information content (AvgIpc) is 3.00. The van der Waals surface area contributed by atoms with Crippen molar-refractivity contribution >= 4 is 22.3 Å². The Morgan fingerprint density at radius 3 is 2.04 bits per heavy atom. The van der Waals surface area contributed by atoms with Crippen LogP contribution < -0.4 is 0 Å². The van der Waals surface area contributed by atoms with Crippen LogP contribution in [-0.2, 0) is 0 Å². The maximum Gasteiger partial charge on any atom is 0.119 e. The van der Waals surface area contributed by atoms with Gasteiger partial charge in [0.15, 0.2) is 0 Å². The van der Waals surface area contributed by atoms with Crippen LogP contribution in [0, 0.1) is 0 Å². The molecular weight excluding hydrogens is 282 g/mol. The maximum absolute atomic E-state index is 4.53. The van der Waals surface area contributed by atoms with Gasteiger partial charge in [-0.2, -0.15) is 5.11 Å². The van der Waals surface area contributed by atoms with Gasteiger partial charge in [-0.3, -0.25) is 0 Å². The predicted molar refractivity (Wildman–Crippen MR) is 94.4 cm³/mol. The van der Waals surface area contributed by atoms with Crippen molar-refractivity contribution in [2.75, 3.05) is 0 Å². The molecule has 0 saturated carbocycles. The fourth-order valence-corrected chi connectivity index (χ4v) is 2.65. The summed E-state index contributed by atoms with van der Waals surface area (Å²) in [6.07, 6.45) is 0. The number of azo groups is 1. The van der Waals surface area contributed by atoms with Gasteiger partial charge in [0.25, 0.3) is 0 Å². The number of nitrogens with one attached hydrogen (secondary N) is 1. The number of H-pyrrole nitrogens is 1. The Kier molecular flexibility index (Phi) is 3.45. The van der Waals surface area contributed by atoms with Gasteiger partial charge < -0.3 is 4.98 Å². The van der Waals surface area contributed by atoms with Gasteiger partial charge in [-0.15, -0.1) is 5.11 Å². The number of hydrogen-bond donors (Lipinski definition) is 1. The smallest absolute Gasteiger partial charge is 0.119 e. The van der Waals surface area contributed by atoms with Gasteiger partial charge in [0, 0.05) is 16.5 Å². The van der Waals surface area contributed by atoms with Crippen molar-refractivity contribution in [3.05, 3.63) is 84.9 Å². The zero-order chi connectivity index (χ0) is 15.5. The summed E-state index contributed by atoms with van der Waals surface area (Å²) in [5.41, 5.74) is 4.87. The van der Waals surface area contributed by atoms with Gasteiger partial charge in [-0.25, -0.2) is 0 Å². The summed E-state index contributed by atoms with van der Waals surface area (Å²) < 4.78 is 0. The Bertz CT molecular complexity index is 954. The molecule has 3 aromatic carbocycles. The average molecular weight is 297 g/mol. The molecule has 0 atom stereocenters. The first-order chi connectivity index (χ1) is 11.4. The largest absolute Gasteiger partial charge is 0.353 e. The molecule has 0 radical (unpaired) electrons. The first-order valence-corrected chi connectivity index (χ1v) is 7.55. The standard InChI is InChI=1S/C20H15N3/c1-3-9-15(10-4-1)19-20(17-13-7-8-14-18(17)21-19)23-22-16-11-5-2-6-12-16/h1-14,21H. The van der Waals surface area contributed by atoms with E-state index in [0.29, 0.717) is 0 Å². The topological polar surface area (TPSA) is 40.5 Å². The van der Waals surface area contributed by atoms with Crippen molar-refractivity contribution in [2.24, 2.45) is 10.2 Å². The summed E-state index contributed by atoms with van der Waals surface area (Å²) in [6, 6.07) is 28.2. The molecule has 0 saturated heterocycles. The predicted octanol–water partition coefficient (Wildman–Crippen LogP) is 6.25. The number of rotatable bonds is 3. The molecule has 0 aliphatic rings. The van der Waals surface area contributed by atoms with Crippen molar-refractivity contribution in [1.82, 2.24) is 4.98 Å². The van der Waals surface area contributed by atoms with Gasteiger partial charge in [0.05, 0.1) is 11.4 Å². The van der Waals surface area contributed by atoms with Gasteiger partial charge in [-0.05, 0) is 18.2 Å². The number of fused-ring (bicyclic) bond motifs is 1. The van der Waals surface area contributed by atoms with Crippen molar-refractivity contribution in [3.8, 4) is 11.3 Å². The van der Waals surface area contributed by atoms with Gasteiger partial charge in [-0.1, -0.05) is 66.7 Å². The lowest BCUT2D eigenvalue weighted by Crippen LogP contribution is -1.76. The Morgan fingerprint density at radius 1 is 0.609 bits per heavy atom. The second-order valence-electron chi connectivity index (χ2n) is 5.30. The van der Waals surface area contributed by atoms with E-state index in [0.717, 1.165) is 33.5 Å². The summed E-state index contributed by atoms with van der Waals surface area (Å²) in [5, 5.41) is 10.00. The third kappa shape index (κ3) is 2.64. The Labute approximate surface area is 134 Å². The second-order valence-corrected chi connectivity index (χ2v) is 5.30. The van der Waals surface area contributed by atoms with E-state index in [-0.39, 0.29) is 0 Å². The highest BCUT2D eigenvalue weighted by atomic mass is 15.1. The van der Waals surface area contributed by atoms with E-state index in [1.807, 2.05) is 60.7 Å². The van der Waals surface area contributed by atoms with E-state index in [4.69, 9.17) is 0 Å². The maximum atomic E-state index is 4.53. The molecule has 0 fully saturated rings. The van der Waals surface area contributed by atoms with Crippen molar-refractivity contribution in [3.63, 3.8) is 0 Å². The molecule has 0 aliphatic carbocycles. The van der Waals surface area contributed by atoms with Crippen LogP contribution in [0.5, 0.6) is 0 Å². The zero-order valence-electron chi connectivity index (χ0n) is 12.5. The molecular formula is C20H15N3. The van der Waals surface area contributed by atoms with Gasteiger partial charge >= 0.3 is 0 Å². The summed E-state index contributed by atoms with van der Waals surface area (Å²) in [6.45, 7) is 0. The fourth-order valence-electron chi connectivity index (χ4n) is 2.65. The Hall–Kier alpha value is -3.20. The molecule has 4 aromatic rings. The summed E-state index contributed by atoms with van der Waals surface area (Å²) in [7, 11) is 0. The van der Waals surface area contributed by atoms with Crippen LogP contribution in [0.3, 0.4) is 0 Å². The minimum Gasteiger partial charge on any atom is -0.353 e. The minimum absolute atomic E-state index is 0.844. The molecule has 110 valence electrons. The van der Waals surface area contributed by atoms with Crippen molar-refractivity contribution < 1.29 is 0 Å². The van der Waals surface area contributed by atoms with Crippen LogP contribution in [0.15, 0.2) is 95.2 Å². The van der Waals surface area contributed by atoms with E-state index < -0.39 is 0 Å². The van der Waals surface area contributed by atoms with Crippen LogP contribution in [0.4, 0.5) is 11.4 Å². The van der Waals surface area contributed by atoms with Crippen LogP contribution in [0.2, 0.25) is 0 Å². The van der Waals surface area contributed by atoms with E-state index in [1.54, 1.807) is 0 Å². The summed E-state index contributed by atoms with van der Waals surface area (Å²) >= 11 is 0. The van der Waals surface area contributed by atoms with Crippen molar-refractivity contribution in [2.45, 2.75) is 0 Å². The van der Waals surface area contributed by atoms with Gasteiger partial charge in [0.2, 0.25) is 0 Å². The Balaban J connectivity index is 1.88. The number of hydrogen-bond acceptors (Lipinski definition) is 2. The molecule has 0 bridgehead atoms. The number of aromatic nitrogens is 1. The molecule has 0 unspecified atom stereocenters. The van der Waals surface area contributed by atoms with E-state index >= 15 is 0 Å². The highest BCUT2D eigenvalue weighted by molar-refractivity contribution is 5.99. The van der Waals surface area contributed by atoms with Gasteiger partial charge in [0.1, 0.15) is 5.69 Å². The second kappa shape index (κ2) is 5.89. The van der Waals surface area contributed by atoms with Crippen molar-refractivity contribution in [1.29, 1.82) is 0 Å². The number of nitrogens with zero attached hydrogens (tertiary/aromatic N) is 2. The molecule has 23 heavy (non-hydrogen) atoms. The highest BCUT2D eigenvalue weighted by Crippen LogP contribution is 2.37. The molecule has 4 rings (SSSR count). The molecule has 1 N–H and O–H groups in total. The zero-order valence-corrected chi connectivity index (χ0v) is 12.5. The van der Waals surface area contributed by atoms with Crippen LogP contribution in [0.1, 0.15) is 0 Å². The van der Waals surface area contributed by atoms with E-state index in [1.165, 1.54) is 0 Å². The van der Waals surface area contributed by atoms with Crippen LogP contribution in [0.25, 0.3) is 22.2 Å². The molecule has 3 heteroatoms. The lowest BCUT2D eigenvalue weighted by Gasteiger charge is -1.99. The SMILES string of the molecule is c1ccc(N=Nc2c(-c3ccccc3)[nH]c3ccccc23)cc1. The summed E-state index contributed by atoms with van der Waals surface area (Å²) in [5.74, 6) is 0. The normalized spacial score (nSPS) is 11.3. The highest BCUT2D eigenvalue weighted by Gasteiger charge is 2.12. The fraction of sp³-hybridized carbons (Fsp3) is 0. The van der Waals surface area contributed by atoms with E-state index in [9.17, 15) is 0 Å². The van der Waals surface area contributed by atoms with Crippen LogP contribution >= 0.6 is 0 Å². The quantitative estimate of drug-likeness (QED) is 0.434. The van der Waals surface area contributed by atoms with Crippen LogP contribution in [-0.4, -0.2) is 4.98 Å². The molecule has 0 spiro atoms. The molecule has 3 nitrogen and oxygen atoms in total.